The average Bonchev–Trinajstić information content (AvgIpc) is 2.38. The van der Waals surface area contributed by atoms with Gasteiger partial charge in [-0.3, -0.25) is 0 Å². The summed E-state index contributed by atoms with van der Waals surface area (Å²) in [7, 11) is 1.37. The van der Waals surface area contributed by atoms with Crippen molar-refractivity contribution in [3.8, 4) is 0 Å². The van der Waals surface area contributed by atoms with Crippen LogP contribution < -0.4 is 4.90 Å². The summed E-state index contributed by atoms with van der Waals surface area (Å²) in [5, 5.41) is 0. The van der Waals surface area contributed by atoms with E-state index in [1.165, 1.54) is 20.5 Å². The van der Waals surface area contributed by atoms with Gasteiger partial charge in [0.2, 0.25) is 0 Å². The average molecular weight is 351 g/mol. The Morgan fingerprint density at radius 2 is 1.94 bits per heavy atom. The van der Waals surface area contributed by atoms with Crippen LogP contribution in [0.25, 0.3) is 0 Å². The number of nitrogens with zero attached hydrogens (tertiary/aromatic N) is 1. The predicted molar refractivity (Wildman–Crippen MR) is 75.9 cm³/mol. The molecule has 1 fully saturated rings. The molecule has 0 bridgehead atoms. The standard InChI is InChI=1S/C11H14INO2S/c12-16-15-9-10-1-3-11(4-2-10)13-5-7-14-8-6-13/h1-4H,5-9H2. The molecule has 1 aromatic carbocycles. The number of anilines is 1. The molecule has 5 heteroatoms. The van der Waals surface area contributed by atoms with Crippen molar-refractivity contribution in [2.24, 2.45) is 0 Å². The van der Waals surface area contributed by atoms with E-state index in [9.17, 15) is 0 Å². The molecule has 1 saturated heterocycles. The van der Waals surface area contributed by atoms with Crippen LogP contribution >= 0.6 is 30.4 Å². The first-order chi connectivity index (χ1) is 7.90. The van der Waals surface area contributed by atoms with Crippen molar-refractivity contribution in [3.63, 3.8) is 0 Å². The van der Waals surface area contributed by atoms with Crippen LogP contribution in [0.2, 0.25) is 0 Å². The fourth-order valence-corrected chi connectivity index (χ4v) is 2.28. The molecule has 0 aliphatic carbocycles. The van der Waals surface area contributed by atoms with Crippen molar-refractivity contribution >= 4 is 36.1 Å². The second-order valence-corrected chi connectivity index (χ2v) is 5.03. The molecular weight excluding hydrogens is 337 g/mol. The second-order valence-electron chi connectivity index (χ2n) is 3.59. The van der Waals surface area contributed by atoms with Gasteiger partial charge in [-0.15, -0.1) is 0 Å². The monoisotopic (exact) mass is 351 g/mol. The minimum atomic E-state index is 0.664. The highest BCUT2D eigenvalue weighted by Gasteiger charge is 2.10. The summed E-state index contributed by atoms with van der Waals surface area (Å²) in [6.45, 7) is 4.29. The van der Waals surface area contributed by atoms with Crippen LogP contribution in [0.15, 0.2) is 24.3 Å². The molecule has 2 rings (SSSR count). The first-order valence-electron chi connectivity index (χ1n) is 5.22. The second kappa shape index (κ2) is 6.68. The summed E-state index contributed by atoms with van der Waals surface area (Å²) >= 11 is 2.13. The molecule has 3 nitrogen and oxygen atoms in total. The maximum absolute atomic E-state index is 5.33. The van der Waals surface area contributed by atoms with Gasteiger partial charge in [0.05, 0.1) is 29.0 Å². The molecule has 0 N–H and O–H groups in total. The van der Waals surface area contributed by atoms with Gasteiger partial charge in [-0.1, -0.05) is 12.1 Å². The highest BCUT2D eigenvalue weighted by atomic mass is 127. The van der Waals surface area contributed by atoms with Gasteiger partial charge >= 0.3 is 0 Å². The van der Waals surface area contributed by atoms with Crippen LogP contribution in [0.3, 0.4) is 0 Å². The minimum Gasteiger partial charge on any atom is -0.378 e. The van der Waals surface area contributed by atoms with Gasteiger partial charge in [0.1, 0.15) is 0 Å². The van der Waals surface area contributed by atoms with E-state index in [2.05, 4.69) is 50.4 Å². The van der Waals surface area contributed by atoms with E-state index >= 15 is 0 Å². The molecule has 0 unspecified atom stereocenters. The lowest BCUT2D eigenvalue weighted by molar-refractivity contribution is 0.122. The van der Waals surface area contributed by atoms with Gasteiger partial charge in [0.25, 0.3) is 0 Å². The number of hydrogen-bond acceptors (Lipinski definition) is 4. The first-order valence-corrected chi connectivity index (χ1v) is 8.50. The molecule has 1 heterocycles. The summed E-state index contributed by atoms with van der Waals surface area (Å²) in [5.74, 6) is 0. The molecule has 1 aliphatic rings. The van der Waals surface area contributed by atoms with Crippen molar-refractivity contribution < 1.29 is 8.92 Å². The van der Waals surface area contributed by atoms with Crippen LogP contribution in [-0.4, -0.2) is 26.3 Å². The van der Waals surface area contributed by atoms with E-state index < -0.39 is 0 Å². The van der Waals surface area contributed by atoms with Crippen molar-refractivity contribution in [2.75, 3.05) is 31.2 Å². The van der Waals surface area contributed by atoms with Crippen LogP contribution in [-0.2, 0) is 15.5 Å². The SMILES string of the molecule is ISOCc1ccc(N2CCOCC2)cc1. The lowest BCUT2D eigenvalue weighted by Gasteiger charge is -2.28. The number of hydrogen-bond donors (Lipinski definition) is 0. The first kappa shape index (κ1) is 12.5. The van der Waals surface area contributed by atoms with Crippen molar-refractivity contribution in [1.29, 1.82) is 0 Å². The van der Waals surface area contributed by atoms with Gasteiger partial charge in [-0.05, 0) is 17.7 Å². The topological polar surface area (TPSA) is 21.7 Å². The van der Waals surface area contributed by atoms with E-state index in [1.54, 1.807) is 0 Å². The Morgan fingerprint density at radius 3 is 2.56 bits per heavy atom. The van der Waals surface area contributed by atoms with Gasteiger partial charge in [0, 0.05) is 40.0 Å². The Morgan fingerprint density at radius 1 is 1.25 bits per heavy atom. The summed E-state index contributed by atoms with van der Waals surface area (Å²) in [5.41, 5.74) is 2.48. The van der Waals surface area contributed by atoms with Crippen LogP contribution in [0.5, 0.6) is 0 Å². The number of rotatable bonds is 4. The Bertz CT molecular complexity index is 314. The zero-order valence-electron chi connectivity index (χ0n) is 8.89. The molecule has 88 valence electrons. The Kier molecular flexibility index (Phi) is 5.21. The third-order valence-corrected chi connectivity index (χ3v) is 3.55. The van der Waals surface area contributed by atoms with Gasteiger partial charge < -0.3 is 13.8 Å². The molecule has 0 spiro atoms. The normalized spacial score (nSPS) is 16.4. The molecule has 0 amide bonds. The number of ether oxygens (including phenoxy) is 1. The van der Waals surface area contributed by atoms with Crippen molar-refractivity contribution in [3.05, 3.63) is 29.8 Å². The largest absolute Gasteiger partial charge is 0.378 e. The molecule has 16 heavy (non-hydrogen) atoms. The lowest BCUT2D eigenvalue weighted by atomic mass is 10.2. The minimum absolute atomic E-state index is 0.664. The summed E-state index contributed by atoms with van der Waals surface area (Å²) in [4.78, 5) is 2.35. The highest BCUT2D eigenvalue weighted by Crippen LogP contribution is 2.19. The van der Waals surface area contributed by atoms with E-state index in [4.69, 9.17) is 8.92 Å². The van der Waals surface area contributed by atoms with E-state index in [0.29, 0.717) is 6.61 Å². The zero-order chi connectivity index (χ0) is 11.2. The van der Waals surface area contributed by atoms with Gasteiger partial charge in [-0.2, -0.15) is 0 Å². The molecule has 1 aliphatic heterocycles. The molecular formula is C11H14INO2S. The zero-order valence-corrected chi connectivity index (χ0v) is 11.9. The predicted octanol–water partition coefficient (Wildman–Crippen LogP) is 3.04. The summed E-state index contributed by atoms with van der Waals surface area (Å²) in [6, 6.07) is 8.55. The molecule has 0 radical (unpaired) electrons. The summed E-state index contributed by atoms with van der Waals surface area (Å²) < 4.78 is 10.6. The lowest BCUT2D eigenvalue weighted by Crippen LogP contribution is -2.36. The van der Waals surface area contributed by atoms with Crippen molar-refractivity contribution in [1.82, 2.24) is 0 Å². The smallest absolute Gasteiger partial charge is 0.0874 e. The Labute approximate surface area is 112 Å². The molecule has 1 aromatic rings. The quantitative estimate of drug-likeness (QED) is 0.614. The Balaban J connectivity index is 1.95. The summed E-state index contributed by atoms with van der Waals surface area (Å²) in [6.07, 6.45) is 0. The number of morpholine rings is 1. The van der Waals surface area contributed by atoms with E-state index in [1.807, 2.05) is 0 Å². The molecule has 0 aromatic heterocycles. The van der Waals surface area contributed by atoms with Crippen molar-refractivity contribution in [2.45, 2.75) is 6.61 Å². The van der Waals surface area contributed by atoms with E-state index in [-0.39, 0.29) is 0 Å². The maximum Gasteiger partial charge on any atom is 0.0874 e. The fourth-order valence-electron chi connectivity index (χ4n) is 1.71. The van der Waals surface area contributed by atoms with Crippen LogP contribution in [0.4, 0.5) is 5.69 Å². The third kappa shape index (κ3) is 3.51. The molecule has 0 saturated carbocycles. The fraction of sp³-hybridized carbons (Fsp3) is 0.455. The van der Waals surface area contributed by atoms with Crippen LogP contribution in [0, 0.1) is 0 Å². The highest BCUT2D eigenvalue weighted by molar-refractivity contribution is 14.2. The van der Waals surface area contributed by atoms with E-state index in [0.717, 1.165) is 26.3 Å². The van der Waals surface area contributed by atoms with Gasteiger partial charge in [0.15, 0.2) is 0 Å². The Hall–Kier alpha value is 0.0200. The number of halogens is 1. The van der Waals surface area contributed by atoms with Crippen LogP contribution in [0.1, 0.15) is 5.56 Å². The molecule has 0 atom stereocenters. The third-order valence-electron chi connectivity index (χ3n) is 2.58. The number of benzene rings is 1. The van der Waals surface area contributed by atoms with Gasteiger partial charge in [-0.25, -0.2) is 0 Å². The maximum atomic E-state index is 5.33.